The largest absolute Gasteiger partial charge is 0.345 e. The molecule has 0 radical (unpaired) electrons. The molecule has 5 rings (SSSR count). The summed E-state index contributed by atoms with van der Waals surface area (Å²) in [4.78, 5) is 30.2. The highest BCUT2D eigenvalue weighted by Crippen LogP contribution is 2.33. The zero-order chi connectivity index (χ0) is 19.1. The van der Waals surface area contributed by atoms with Crippen LogP contribution in [-0.2, 0) is 0 Å². The van der Waals surface area contributed by atoms with Gasteiger partial charge in [0.25, 0.3) is 5.91 Å². The number of thiazole rings is 1. The van der Waals surface area contributed by atoms with Crippen molar-refractivity contribution in [2.24, 2.45) is 0 Å². The number of halogens is 1. The molecule has 0 N–H and O–H groups in total. The van der Waals surface area contributed by atoms with Gasteiger partial charge in [0, 0.05) is 44.1 Å². The summed E-state index contributed by atoms with van der Waals surface area (Å²) >= 11 is 7.88. The molecular formula is C20H16ClN5OS. The van der Waals surface area contributed by atoms with Gasteiger partial charge in [0.2, 0.25) is 0 Å². The zero-order valence-electron chi connectivity index (χ0n) is 14.9. The minimum atomic E-state index is 0.0274. The molecule has 2 aromatic carbocycles. The van der Waals surface area contributed by atoms with Crippen molar-refractivity contribution in [1.29, 1.82) is 0 Å². The first-order valence-electron chi connectivity index (χ1n) is 8.99. The smallest absolute Gasteiger partial charge is 0.254 e. The Kier molecular flexibility index (Phi) is 4.33. The van der Waals surface area contributed by atoms with E-state index in [4.69, 9.17) is 16.6 Å². The number of para-hydroxylation sites is 1. The van der Waals surface area contributed by atoms with Crippen LogP contribution in [0.1, 0.15) is 10.4 Å². The van der Waals surface area contributed by atoms with Crippen LogP contribution in [0.5, 0.6) is 0 Å². The molecule has 1 aliphatic heterocycles. The minimum absolute atomic E-state index is 0.0274. The quantitative estimate of drug-likeness (QED) is 0.503. The fraction of sp³-hybridized carbons (Fsp3) is 0.200. The summed E-state index contributed by atoms with van der Waals surface area (Å²) in [5, 5.41) is 1.63. The van der Waals surface area contributed by atoms with Crippen molar-refractivity contribution in [1.82, 2.24) is 19.9 Å². The van der Waals surface area contributed by atoms with Gasteiger partial charge in [0.05, 0.1) is 20.8 Å². The lowest BCUT2D eigenvalue weighted by molar-refractivity contribution is 0.0747. The van der Waals surface area contributed by atoms with Gasteiger partial charge >= 0.3 is 0 Å². The molecule has 4 aromatic rings. The van der Waals surface area contributed by atoms with Crippen LogP contribution >= 0.6 is 22.9 Å². The van der Waals surface area contributed by atoms with Gasteiger partial charge in [0.1, 0.15) is 5.52 Å². The summed E-state index contributed by atoms with van der Waals surface area (Å²) in [5.41, 5.74) is 3.02. The van der Waals surface area contributed by atoms with Crippen LogP contribution in [-0.4, -0.2) is 51.9 Å². The molecule has 0 saturated carbocycles. The minimum Gasteiger partial charge on any atom is -0.345 e. The molecule has 0 aliphatic carbocycles. The summed E-state index contributed by atoms with van der Waals surface area (Å²) in [6.07, 6.45) is 3.29. The maximum Gasteiger partial charge on any atom is 0.254 e. The Morgan fingerprint density at radius 3 is 2.57 bits per heavy atom. The molecule has 1 saturated heterocycles. The lowest BCUT2D eigenvalue weighted by atomic mass is 10.1. The van der Waals surface area contributed by atoms with Crippen LogP contribution in [0.3, 0.4) is 0 Å². The van der Waals surface area contributed by atoms with E-state index in [9.17, 15) is 4.79 Å². The molecule has 3 heterocycles. The van der Waals surface area contributed by atoms with Gasteiger partial charge in [-0.1, -0.05) is 29.0 Å². The van der Waals surface area contributed by atoms with E-state index >= 15 is 0 Å². The van der Waals surface area contributed by atoms with Crippen LogP contribution < -0.4 is 4.90 Å². The number of aromatic nitrogens is 3. The predicted molar refractivity (Wildman–Crippen MR) is 112 cm³/mol. The SMILES string of the molecule is O=C(c1ccc2nccnc2c1)N1CCN(c2nc3c(Cl)cccc3s2)CC1. The third kappa shape index (κ3) is 3.06. The van der Waals surface area contributed by atoms with E-state index in [-0.39, 0.29) is 5.91 Å². The van der Waals surface area contributed by atoms with E-state index in [1.54, 1.807) is 23.7 Å². The Hall–Kier alpha value is -2.77. The molecule has 1 aliphatic rings. The Morgan fingerprint density at radius 1 is 1.00 bits per heavy atom. The van der Waals surface area contributed by atoms with E-state index in [2.05, 4.69) is 14.9 Å². The van der Waals surface area contributed by atoms with E-state index in [0.29, 0.717) is 23.7 Å². The summed E-state index contributed by atoms with van der Waals surface area (Å²) in [7, 11) is 0. The van der Waals surface area contributed by atoms with E-state index in [1.807, 2.05) is 41.3 Å². The number of fused-ring (bicyclic) bond motifs is 2. The average Bonchev–Trinajstić information content (AvgIpc) is 3.19. The first kappa shape index (κ1) is 17.3. The molecule has 8 heteroatoms. The molecule has 0 bridgehead atoms. The number of piperazine rings is 1. The van der Waals surface area contributed by atoms with E-state index in [1.165, 1.54) is 0 Å². The predicted octanol–water partition coefficient (Wildman–Crippen LogP) is 3.86. The summed E-state index contributed by atoms with van der Waals surface area (Å²) in [6.45, 7) is 2.80. The van der Waals surface area contributed by atoms with Crippen LogP contribution in [0.2, 0.25) is 5.02 Å². The lowest BCUT2D eigenvalue weighted by Crippen LogP contribution is -2.48. The maximum absolute atomic E-state index is 12.9. The number of amides is 1. The molecule has 1 fully saturated rings. The number of hydrogen-bond acceptors (Lipinski definition) is 6. The van der Waals surface area contributed by atoms with Gasteiger partial charge in [-0.05, 0) is 30.3 Å². The number of hydrogen-bond donors (Lipinski definition) is 0. The van der Waals surface area contributed by atoms with Crippen molar-refractivity contribution >= 4 is 55.2 Å². The van der Waals surface area contributed by atoms with E-state index in [0.717, 1.165) is 39.5 Å². The number of benzene rings is 2. The van der Waals surface area contributed by atoms with Crippen LogP contribution in [0.4, 0.5) is 5.13 Å². The second kappa shape index (κ2) is 7.00. The van der Waals surface area contributed by atoms with Crippen molar-refractivity contribution in [2.75, 3.05) is 31.1 Å². The van der Waals surface area contributed by atoms with Crippen molar-refractivity contribution in [2.45, 2.75) is 0 Å². The highest BCUT2D eigenvalue weighted by molar-refractivity contribution is 7.22. The molecule has 28 heavy (non-hydrogen) atoms. The van der Waals surface area contributed by atoms with Gasteiger partial charge in [0.15, 0.2) is 5.13 Å². The van der Waals surface area contributed by atoms with Gasteiger partial charge in [-0.25, -0.2) is 4.98 Å². The standard InChI is InChI=1S/C20H16ClN5OS/c21-14-2-1-3-17-18(14)24-20(28-17)26-10-8-25(9-11-26)19(27)13-4-5-15-16(12-13)23-7-6-22-15/h1-7,12H,8-11H2. The Balaban J connectivity index is 1.31. The monoisotopic (exact) mass is 409 g/mol. The van der Waals surface area contributed by atoms with Gasteiger partial charge in [-0.2, -0.15) is 0 Å². The fourth-order valence-corrected chi connectivity index (χ4v) is 4.74. The first-order chi connectivity index (χ1) is 13.7. The summed E-state index contributed by atoms with van der Waals surface area (Å²) in [5.74, 6) is 0.0274. The highest BCUT2D eigenvalue weighted by Gasteiger charge is 2.24. The summed E-state index contributed by atoms with van der Waals surface area (Å²) in [6, 6.07) is 11.3. The number of anilines is 1. The number of nitrogens with zero attached hydrogens (tertiary/aromatic N) is 5. The van der Waals surface area contributed by atoms with Gasteiger partial charge in [-0.15, -0.1) is 0 Å². The van der Waals surface area contributed by atoms with Crippen molar-refractivity contribution < 1.29 is 4.79 Å². The third-order valence-electron chi connectivity index (χ3n) is 4.91. The molecule has 0 atom stereocenters. The first-order valence-corrected chi connectivity index (χ1v) is 10.2. The van der Waals surface area contributed by atoms with E-state index < -0.39 is 0 Å². The van der Waals surface area contributed by atoms with Gasteiger partial charge < -0.3 is 9.80 Å². The molecule has 1 amide bonds. The molecule has 0 unspecified atom stereocenters. The molecule has 140 valence electrons. The second-order valence-electron chi connectivity index (χ2n) is 6.62. The van der Waals surface area contributed by atoms with Crippen molar-refractivity contribution in [3.63, 3.8) is 0 Å². The van der Waals surface area contributed by atoms with Crippen LogP contribution in [0.25, 0.3) is 21.3 Å². The average molecular weight is 410 g/mol. The maximum atomic E-state index is 12.9. The second-order valence-corrected chi connectivity index (χ2v) is 8.04. The normalized spacial score (nSPS) is 14.8. The number of rotatable bonds is 2. The zero-order valence-corrected chi connectivity index (χ0v) is 16.5. The molecule has 0 spiro atoms. The molecule has 2 aromatic heterocycles. The van der Waals surface area contributed by atoms with Crippen molar-refractivity contribution in [3.05, 3.63) is 59.4 Å². The van der Waals surface area contributed by atoms with Gasteiger partial charge in [-0.3, -0.25) is 14.8 Å². The Morgan fingerprint density at radius 2 is 1.79 bits per heavy atom. The van der Waals surface area contributed by atoms with Crippen LogP contribution in [0, 0.1) is 0 Å². The summed E-state index contributed by atoms with van der Waals surface area (Å²) < 4.78 is 1.08. The highest BCUT2D eigenvalue weighted by atomic mass is 35.5. The molecular weight excluding hydrogens is 394 g/mol. The topological polar surface area (TPSA) is 62.2 Å². The fourth-order valence-electron chi connectivity index (χ4n) is 3.42. The number of carbonyl (C=O) groups is 1. The Labute approximate surface area is 170 Å². The van der Waals surface area contributed by atoms with Crippen molar-refractivity contribution in [3.8, 4) is 0 Å². The lowest BCUT2D eigenvalue weighted by Gasteiger charge is -2.34. The Bertz CT molecular complexity index is 1190. The number of carbonyl (C=O) groups excluding carboxylic acids is 1. The van der Waals surface area contributed by atoms with Crippen LogP contribution in [0.15, 0.2) is 48.8 Å². The molecule has 6 nitrogen and oxygen atoms in total. The third-order valence-corrected chi connectivity index (χ3v) is 6.30.